The second-order valence-electron chi connectivity index (χ2n) is 4.69. The summed E-state index contributed by atoms with van der Waals surface area (Å²) in [7, 11) is 0. The predicted molar refractivity (Wildman–Crippen MR) is 79.3 cm³/mol. The van der Waals surface area contributed by atoms with Crippen molar-refractivity contribution < 1.29 is 9.18 Å². The lowest BCUT2D eigenvalue weighted by molar-refractivity contribution is 0.102. The zero-order chi connectivity index (χ0) is 14.7. The molecule has 0 spiro atoms. The van der Waals surface area contributed by atoms with Gasteiger partial charge < -0.3 is 11.1 Å². The Bertz CT molecular complexity index is 636. The highest BCUT2D eigenvalue weighted by atomic mass is 19.1. The van der Waals surface area contributed by atoms with Gasteiger partial charge in [0.15, 0.2) is 0 Å². The van der Waals surface area contributed by atoms with E-state index in [1.165, 1.54) is 24.3 Å². The average Bonchev–Trinajstić information content (AvgIpc) is 2.42. The Morgan fingerprint density at radius 3 is 2.50 bits per heavy atom. The van der Waals surface area contributed by atoms with Crippen molar-refractivity contribution in [3.63, 3.8) is 0 Å². The molecule has 1 amide bonds. The maximum absolute atomic E-state index is 12.9. The first-order valence-corrected chi connectivity index (χ1v) is 6.47. The standard InChI is InChI=1S/C16H17FN2O/c1-3-11-9-14(18)8-10(2)15(11)19-16(20)12-4-6-13(17)7-5-12/h4-9H,3,18H2,1-2H3,(H,19,20). The van der Waals surface area contributed by atoms with E-state index < -0.39 is 0 Å². The first-order chi connectivity index (χ1) is 9.51. The number of carbonyl (C=O) groups excluding carboxylic acids is 1. The van der Waals surface area contributed by atoms with Gasteiger partial charge >= 0.3 is 0 Å². The summed E-state index contributed by atoms with van der Waals surface area (Å²) >= 11 is 0. The van der Waals surface area contributed by atoms with E-state index in [2.05, 4.69) is 5.32 Å². The zero-order valence-electron chi connectivity index (χ0n) is 11.5. The summed E-state index contributed by atoms with van der Waals surface area (Å²) in [5.74, 6) is -0.618. The number of anilines is 2. The van der Waals surface area contributed by atoms with Crippen LogP contribution in [-0.4, -0.2) is 5.91 Å². The fourth-order valence-electron chi connectivity index (χ4n) is 2.14. The smallest absolute Gasteiger partial charge is 0.255 e. The number of carbonyl (C=O) groups is 1. The van der Waals surface area contributed by atoms with Gasteiger partial charge in [0.25, 0.3) is 5.91 Å². The third kappa shape index (κ3) is 2.96. The fraction of sp³-hybridized carbons (Fsp3) is 0.188. The van der Waals surface area contributed by atoms with Gasteiger partial charge in [-0.1, -0.05) is 6.92 Å². The molecule has 0 atom stereocenters. The molecule has 0 saturated heterocycles. The van der Waals surface area contributed by atoms with Crippen LogP contribution in [0.4, 0.5) is 15.8 Å². The highest BCUT2D eigenvalue weighted by Crippen LogP contribution is 2.25. The summed E-state index contributed by atoms with van der Waals surface area (Å²) < 4.78 is 12.9. The van der Waals surface area contributed by atoms with E-state index in [-0.39, 0.29) is 11.7 Å². The number of aryl methyl sites for hydroxylation is 2. The average molecular weight is 272 g/mol. The Balaban J connectivity index is 2.30. The van der Waals surface area contributed by atoms with Crippen LogP contribution < -0.4 is 11.1 Å². The van der Waals surface area contributed by atoms with Crippen LogP contribution in [0, 0.1) is 12.7 Å². The SMILES string of the molecule is CCc1cc(N)cc(C)c1NC(=O)c1ccc(F)cc1. The minimum absolute atomic E-state index is 0.257. The number of rotatable bonds is 3. The molecule has 2 aromatic rings. The van der Waals surface area contributed by atoms with Crippen molar-refractivity contribution >= 4 is 17.3 Å². The second kappa shape index (κ2) is 5.74. The van der Waals surface area contributed by atoms with Crippen LogP contribution >= 0.6 is 0 Å². The third-order valence-electron chi connectivity index (χ3n) is 3.17. The molecule has 2 aromatic carbocycles. The van der Waals surface area contributed by atoms with E-state index in [0.717, 1.165) is 23.2 Å². The molecular formula is C16H17FN2O. The number of halogens is 1. The highest BCUT2D eigenvalue weighted by molar-refractivity contribution is 6.05. The lowest BCUT2D eigenvalue weighted by Crippen LogP contribution is -2.14. The molecule has 0 unspecified atom stereocenters. The van der Waals surface area contributed by atoms with E-state index in [0.29, 0.717) is 11.3 Å². The number of nitrogens with two attached hydrogens (primary N) is 1. The molecule has 0 aromatic heterocycles. The number of benzene rings is 2. The molecule has 0 bridgehead atoms. The second-order valence-corrected chi connectivity index (χ2v) is 4.69. The van der Waals surface area contributed by atoms with Gasteiger partial charge in [-0.15, -0.1) is 0 Å². The van der Waals surface area contributed by atoms with Crippen molar-refractivity contribution in [2.45, 2.75) is 20.3 Å². The maximum atomic E-state index is 12.9. The van der Waals surface area contributed by atoms with Crippen molar-refractivity contribution in [3.05, 3.63) is 58.9 Å². The number of amides is 1. The van der Waals surface area contributed by atoms with Gasteiger partial charge in [-0.25, -0.2) is 4.39 Å². The summed E-state index contributed by atoms with van der Waals surface area (Å²) in [6.45, 7) is 3.90. The van der Waals surface area contributed by atoms with Crippen LogP contribution in [0.25, 0.3) is 0 Å². The summed E-state index contributed by atoms with van der Waals surface area (Å²) in [5, 5.41) is 2.88. The van der Waals surface area contributed by atoms with E-state index >= 15 is 0 Å². The molecule has 3 nitrogen and oxygen atoms in total. The highest BCUT2D eigenvalue weighted by Gasteiger charge is 2.11. The normalized spacial score (nSPS) is 10.3. The third-order valence-corrected chi connectivity index (χ3v) is 3.17. The van der Waals surface area contributed by atoms with Crippen LogP contribution in [0.2, 0.25) is 0 Å². The lowest BCUT2D eigenvalue weighted by Gasteiger charge is -2.14. The first kappa shape index (κ1) is 14.1. The molecule has 3 N–H and O–H groups in total. The predicted octanol–water partition coefficient (Wildman–Crippen LogP) is 3.53. The number of nitrogen functional groups attached to an aromatic ring is 1. The molecule has 4 heteroatoms. The van der Waals surface area contributed by atoms with Crippen LogP contribution in [0.1, 0.15) is 28.4 Å². The van der Waals surface area contributed by atoms with Crippen molar-refractivity contribution in [1.29, 1.82) is 0 Å². The number of hydrogen-bond acceptors (Lipinski definition) is 2. The topological polar surface area (TPSA) is 55.1 Å². The van der Waals surface area contributed by atoms with Crippen LogP contribution in [0.5, 0.6) is 0 Å². The molecule has 0 aliphatic carbocycles. The molecule has 2 rings (SSSR count). The molecule has 0 aliphatic rings. The van der Waals surface area contributed by atoms with Crippen LogP contribution in [0.15, 0.2) is 36.4 Å². The summed E-state index contributed by atoms with van der Waals surface area (Å²) in [5.41, 5.74) is 9.58. The molecular weight excluding hydrogens is 255 g/mol. The minimum atomic E-state index is -0.362. The molecule has 20 heavy (non-hydrogen) atoms. The Morgan fingerprint density at radius 1 is 1.25 bits per heavy atom. The van der Waals surface area contributed by atoms with Gasteiger partial charge in [0.1, 0.15) is 5.82 Å². The van der Waals surface area contributed by atoms with Crippen LogP contribution in [0.3, 0.4) is 0 Å². The van der Waals surface area contributed by atoms with Gasteiger partial charge in [-0.2, -0.15) is 0 Å². The van der Waals surface area contributed by atoms with Gasteiger partial charge in [0, 0.05) is 16.9 Å². The molecule has 0 radical (unpaired) electrons. The van der Waals surface area contributed by atoms with Gasteiger partial charge in [0.2, 0.25) is 0 Å². The van der Waals surface area contributed by atoms with E-state index in [1.54, 1.807) is 0 Å². The lowest BCUT2D eigenvalue weighted by atomic mass is 10.0. The number of hydrogen-bond donors (Lipinski definition) is 2. The molecule has 0 aliphatic heterocycles. The largest absolute Gasteiger partial charge is 0.399 e. The Morgan fingerprint density at radius 2 is 1.90 bits per heavy atom. The molecule has 0 saturated carbocycles. The summed E-state index contributed by atoms with van der Waals surface area (Å²) in [4.78, 5) is 12.2. The van der Waals surface area contributed by atoms with Crippen molar-refractivity contribution in [3.8, 4) is 0 Å². The minimum Gasteiger partial charge on any atom is -0.399 e. The van der Waals surface area contributed by atoms with Crippen molar-refractivity contribution in [1.82, 2.24) is 0 Å². The zero-order valence-corrected chi connectivity index (χ0v) is 11.5. The number of nitrogens with one attached hydrogen (secondary N) is 1. The van der Waals surface area contributed by atoms with Gasteiger partial charge in [-0.3, -0.25) is 4.79 Å². The Kier molecular flexibility index (Phi) is 4.03. The molecule has 0 fully saturated rings. The van der Waals surface area contributed by atoms with E-state index in [1.807, 2.05) is 26.0 Å². The van der Waals surface area contributed by atoms with Gasteiger partial charge in [0.05, 0.1) is 0 Å². The van der Waals surface area contributed by atoms with E-state index in [9.17, 15) is 9.18 Å². The monoisotopic (exact) mass is 272 g/mol. The van der Waals surface area contributed by atoms with Crippen molar-refractivity contribution in [2.24, 2.45) is 0 Å². The quantitative estimate of drug-likeness (QED) is 0.840. The Hall–Kier alpha value is -2.36. The summed E-state index contributed by atoms with van der Waals surface area (Å²) in [6.07, 6.45) is 0.769. The molecule has 104 valence electrons. The Labute approximate surface area is 117 Å². The maximum Gasteiger partial charge on any atom is 0.255 e. The van der Waals surface area contributed by atoms with Gasteiger partial charge in [-0.05, 0) is 60.9 Å². The fourth-order valence-corrected chi connectivity index (χ4v) is 2.14. The molecule has 0 heterocycles. The van der Waals surface area contributed by atoms with Crippen LogP contribution in [-0.2, 0) is 6.42 Å². The summed E-state index contributed by atoms with van der Waals surface area (Å²) in [6, 6.07) is 9.13. The first-order valence-electron chi connectivity index (χ1n) is 6.47. The van der Waals surface area contributed by atoms with Crippen molar-refractivity contribution in [2.75, 3.05) is 11.1 Å². The van der Waals surface area contributed by atoms with E-state index in [4.69, 9.17) is 5.73 Å².